The fraction of sp³-hybridized carbons (Fsp3) is 0.368. The van der Waals surface area contributed by atoms with Gasteiger partial charge in [-0.3, -0.25) is 4.79 Å². The summed E-state index contributed by atoms with van der Waals surface area (Å²) in [6.07, 6.45) is 0.554. The van der Waals surface area contributed by atoms with Gasteiger partial charge < -0.3 is 15.0 Å². The molecule has 0 unspecified atom stereocenters. The Morgan fingerprint density at radius 2 is 1.89 bits per heavy atom. The summed E-state index contributed by atoms with van der Waals surface area (Å²) in [4.78, 5) is 14.4. The van der Waals surface area contributed by atoms with Crippen LogP contribution in [0.25, 0.3) is 5.65 Å². The summed E-state index contributed by atoms with van der Waals surface area (Å²) in [6, 6.07) is 11.4. The van der Waals surface area contributed by atoms with Gasteiger partial charge in [0.05, 0.1) is 13.2 Å². The van der Waals surface area contributed by atoms with Gasteiger partial charge in [0, 0.05) is 31.6 Å². The molecular weight excluding hydrogens is 344 g/mol. The number of carbonyl (C=O) groups excluding carboxylic acids is 1. The second kappa shape index (κ2) is 7.71. The van der Waals surface area contributed by atoms with Crippen LogP contribution >= 0.6 is 0 Å². The molecule has 8 nitrogen and oxygen atoms in total. The van der Waals surface area contributed by atoms with E-state index in [1.54, 1.807) is 4.52 Å². The van der Waals surface area contributed by atoms with E-state index in [9.17, 15) is 4.79 Å². The lowest BCUT2D eigenvalue weighted by Crippen LogP contribution is -2.37. The van der Waals surface area contributed by atoms with E-state index in [0.29, 0.717) is 37.4 Å². The van der Waals surface area contributed by atoms with E-state index in [2.05, 4.69) is 25.5 Å². The van der Waals surface area contributed by atoms with Gasteiger partial charge in [-0.1, -0.05) is 17.7 Å². The number of ether oxygens (including phenoxy) is 1. The van der Waals surface area contributed by atoms with Gasteiger partial charge >= 0.3 is 0 Å². The maximum atomic E-state index is 12.2. The molecule has 4 rings (SSSR count). The minimum atomic E-state index is -0.0919. The Morgan fingerprint density at radius 3 is 2.67 bits per heavy atom. The van der Waals surface area contributed by atoms with Gasteiger partial charge in [0.2, 0.25) is 0 Å². The Labute approximate surface area is 157 Å². The van der Waals surface area contributed by atoms with Gasteiger partial charge in [0.15, 0.2) is 11.5 Å². The summed E-state index contributed by atoms with van der Waals surface area (Å²) in [5.74, 6) is 1.52. The molecule has 8 heteroatoms. The van der Waals surface area contributed by atoms with Crippen LogP contribution in [0, 0.1) is 6.92 Å². The number of carbonyl (C=O) groups is 1. The molecule has 0 bridgehead atoms. The van der Waals surface area contributed by atoms with Crippen molar-refractivity contribution in [3.05, 3.63) is 53.3 Å². The standard InChI is InChI=1S/C19H22N6O2/c1-14-2-4-15(5-3-14)19(26)20-9-8-17-22-21-16-6-7-18(23-25(16)17)24-10-12-27-13-11-24/h2-7H,8-13H2,1H3,(H,20,26). The van der Waals surface area contributed by atoms with Crippen molar-refractivity contribution in [2.24, 2.45) is 0 Å². The summed E-state index contributed by atoms with van der Waals surface area (Å²) in [7, 11) is 0. The van der Waals surface area contributed by atoms with Gasteiger partial charge in [-0.15, -0.1) is 15.3 Å². The summed E-state index contributed by atoms with van der Waals surface area (Å²) in [5, 5.41) is 16.0. The second-order valence-corrected chi connectivity index (χ2v) is 6.55. The monoisotopic (exact) mass is 366 g/mol. The van der Waals surface area contributed by atoms with E-state index in [0.717, 1.165) is 30.3 Å². The van der Waals surface area contributed by atoms with E-state index in [1.807, 2.05) is 43.3 Å². The molecule has 1 saturated heterocycles. The quantitative estimate of drug-likeness (QED) is 0.731. The first kappa shape index (κ1) is 17.4. The molecule has 3 aromatic rings. The normalized spacial score (nSPS) is 14.5. The molecule has 140 valence electrons. The summed E-state index contributed by atoms with van der Waals surface area (Å²) < 4.78 is 7.15. The van der Waals surface area contributed by atoms with Crippen LogP contribution in [0.4, 0.5) is 5.82 Å². The molecule has 0 aliphatic carbocycles. The third-order valence-corrected chi connectivity index (χ3v) is 4.60. The molecule has 1 aliphatic heterocycles. The Morgan fingerprint density at radius 1 is 1.11 bits per heavy atom. The van der Waals surface area contributed by atoms with Gasteiger partial charge in [-0.2, -0.15) is 4.52 Å². The number of benzene rings is 1. The van der Waals surface area contributed by atoms with E-state index < -0.39 is 0 Å². The second-order valence-electron chi connectivity index (χ2n) is 6.55. The Hall–Kier alpha value is -3.00. The number of amides is 1. The highest BCUT2D eigenvalue weighted by Crippen LogP contribution is 2.14. The molecular formula is C19H22N6O2. The molecule has 3 heterocycles. The van der Waals surface area contributed by atoms with Crippen molar-refractivity contribution in [3.8, 4) is 0 Å². The van der Waals surface area contributed by atoms with Crippen LogP contribution in [0.5, 0.6) is 0 Å². The number of anilines is 1. The average molecular weight is 366 g/mol. The molecule has 0 saturated carbocycles. The van der Waals surface area contributed by atoms with Crippen molar-refractivity contribution in [3.63, 3.8) is 0 Å². The van der Waals surface area contributed by atoms with Crippen LogP contribution in [0.1, 0.15) is 21.7 Å². The van der Waals surface area contributed by atoms with Crippen LogP contribution in [-0.4, -0.2) is 58.6 Å². The number of nitrogens with one attached hydrogen (secondary N) is 1. The van der Waals surface area contributed by atoms with Gasteiger partial charge in [-0.25, -0.2) is 0 Å². The van der Waals surface area contributed by atoms with E-state index in [-0.39, 0.29) is 5.91 Å². The molecule has 2 aromatic heterocycles. The van der Waals surface area contributed by atoms with Crippen LogP contribution in [0.3, 0.4) is 0 Å². The highest BCUT2D eigenvalue weighted by molar-refractivity contribution is 5.94. The van der Waals surface area contributed by atoms with Crippen LogP contribution in [-0.2, 0) is 11.2 Å². The van der Waals surface area contributed by atoms with Crippen molar-refractivity contribution in [2.75, 3.05) is 37.7 Å². The van der Waals surface area contributed by atoms with Crippen molar-refractivity contribution in [1.82, 2.24) is 25.1 Å². The van der Waals surface area contributed by atoms with E-state index in [1.165, 1.54) is 0 Å². The predicted octanol–water partition coefficient (Wildman–Crippen LogP) is 1.24. The molecule has 27 heavy (non-hydrogen) atoms. The maximum Gasteiger partial charge on any atom is 0.251 e. The van der Waals surface area contributed by atoms with Crippen molar-refractivity contribution >= 4 is 17.4 Å². The third-order valence-electron chi connectivity index (χ3n) is 4.60. The van der Waals surface area contributed by atoms with Crippen LogP contribution in [0.2, 0.25) is 0 Å². The number of hydrogen-bond donors (Lipinski definition) is 1. The number of rotatable bonds is 5. The SMILES string of the molecule is Cc1ccc(C(=O)NCCc2nnc3ccc(N4CCOCC4)nn23)cc1. The number of morpholine rings is 1. The summed E-state index contributed by atoms with van der Waals surface area (Å²) in [5.41, 5.74) is 2.48. The fourth-order valence-corrected chi connectivity index (χ4v) is 3.04. The minimum absolute atomic E-state index is 0.0919. The highest BCUT2D eigenvalue weighted by atomic mass is 16.5. The first-order valence-corrected chi connectivity index (χ1v) is 9.09. The molecule has 1 aliphatic rings. The zero-order valence-corrected chi connectivity index (χ0v) is 15.3. The summed E-state index contributed by atoms with van der Waals surface area (Å²) >= 11 is 0. The minimum Gasteiger partial charge on any atom is -0.378 e. The first-order valence-electron chi connectivity index (χ1n) is 9.09. The number of hydrogen-bond acceptors (Lipinski definition) is 6. The average Bonchev–Trinajstić information content (AvgIpc) is 3.11. The topological polar surface area (TPSA) is 84.7 Å². The first-order chi connectivity index (χ1) is 13.2. The largest absolute Gasteiger partial charge is 0.378 e. The number of nitrogens with zero attached hydrogens (tertiary/aromatic N) is 5. The summed E-state index contributed by atoms with van der Waals surface area (Å²) in [6.45, 7) is 5.53. The zero-order valence-electron chi connectivity index (χ0n) is 15.3. The highest BCUT2D eigenvalue weighted by Gasteiger charge is 2.15. The predicted molar refractivity (Wildman–Crippen MR) is 101 cm³/mol. The van der Waals surface area contributed by atoms with Crippen molar-refractivity contribution < 1.29 is 9.53 Å². The van der Waals surface area contributed by atoms with Gasteiger partial charge in [0.25, 0.3) is 5.91 Å². The lowest BCUT2D eigenvalue weighted by molar-refractivity contribution is 0.0954. The smallest absolute Gasteiger partial charge is 0.251 e. The van der Waals surface area contributed by atoms with Gasteiger partial charge in [-0.05, 0) is 31.2 Å². The van der Waals surface area contributed by atoms with Crippen LogP contribution < -0.4 is 10.2 Å². The molecule has 1 fully saturated rings. The molecule has 0 spiro atoms. The maximum absolute atomic E-state index is 12.2. The molecule has 1 N–H and O–H groups in total. The Bertz CT molecular complexity index is 931. The molecule has 1 amide bonds. The van der Waals surface area contributed by atoms with Crippen LogP contribution in [0.15, 0.2) is 36.4 Å². The fourth-order valence-electron chi connectivity index (χ4n) is 3.04. The number of aromatic nitrogens is 4. The number of fused-ring (bicyclic) bond motifs is 1. The number of aryl methyl sites for hydroxylation is 1. The van der Waals surface area contributed by atoms with Crippen molar-refractivity contribution in [2.45, 2.75) is 13.3 Å². The molecule has 0 radical (unpaired) electrons. The van der Waals surface area contributed by atoms with E-state index in [4.69, 9.17) is 4.74 Å². The van der Waals surface area contributed by atoms with Crippen molar-refractivity contribution in [1.29, 1.82) is 0 Å². The Balaban J connectivity index is 1.42. The Kier molecular flexibility index (Phi) is 4.97. The third kappa shape index (κ3) is 3.90. The lowest BCUT2D eigenvalue weighted by atomic mass is 10.1. The zero-order chi connectivity index (χ0) is 18.6. The lowest BCUT2D eigenvalue weighted by Gasteiger charge is -2.27. The molecule has 0 atom stereocenters. The van der Waals surface area contributed by atoms with E-state index >= 15 is 0 Å². The van der Waals surface area contributed by atoms with Gasteiger partial charge in [0.1, 0.15) is 5.82 Å². The molecule has 1 aromatic carbocycles.